The van der Waals surface area contributed by atoms with Crippen LogP contribution < -0.4 is 5.73 Å². The molecule has 0 bridgehead atoms. The predicted octanol–water partition coefficient (Wildman–Crippen LogP) is 1.62. The number of likely N-dealkylation sites (N-methyl/N-ethyl adjacent to an activating group) is 1. The Bertz CT molecular complexity index is 568. The molecule has 1 aliphatic carbocycles. The second-order valence-corrected chi connectivity index (χ2v) is 7.41. The molecule has 0 unspecified atom stereocenters. The van der Waals surface area contributed by atoms with E-state index in [0.29, 0.717) is 24.8 Å². The Morgan fingerprint density at radius 1 is 1.40 bits per heavy atom. The number of nitrogen functional groups attached to an aromatic ring is 1. The van der Waals surface area contributed by atoms with Crippen LogP contribution in [-0.2, 0) is 14.8 Å². The van der Waals surface area contributed by atoms with Crippen LogP contribution in [-0.4, -0.2) is 39.5 Å². The average molecular weight is 298 g/mol. The molecule has 6 heteroatoms. The van der Waals surface area contributed by atoms with Crippen molar-refractivity contribution >= 4 is 15.7 Å². The zero-order valence-corrected chi connectivity index (χ0v) is 12.8. The third-order valence-electron chi connectivity index (χ3n) is 3.55. The molecule has 0 amide bonds. The van der Waals surface area contributed by atoms with Crippen molar-refractivity contribution in [1.82, 2.24) is 4.31 Å². The summed E-state index contributed by atoms with van der Waals surface area (Å²) in [5.74, 6) is 0.691. The number of aryl methyl sites for hydroxylation is 1. The van der Waals surface area contributed by atoms with Crippen molar-refractivity contribution in [1.29, 1.82) is 0 Å². The van der Waals surface area contributed by atoms with Crippen LogP contribution in [0.1, 0.15) is 18.4 Å². The van der Waals surface area contributed by atoms with Crippen LogP contribution in [0, 0.1) is 12.8 Å². The third-order valence-corrected chi connectivity index (χ3v) is 5.40. The predicted molar refractivity (Wildman–Crippen MR) is 79.0 cm³/mol. The van der Waals surface area contributed by atoms with E-state index in [-0.39, 0.29) is 4.90 Å². The van der Waals surface area contributed by atoms with Gasteiger partial charge in [-0.1, -0.05) is 0 Å². The van der Waals surface area contributed by atoms with Gasteiger partial charge in [0.25, 0.3) is 0 Å². The highest BCUT2D eigenvalue weighted by Crippen LogP contribution is 2.28. The number of hydrogen-bond acceptors (Lipinski definition) is 4. The van der Waals surface area contributed by atoms with Crippen molar-refractivity contribution in [3.63, 3.8) is 0 Å². The van der Waals surface area contributed by atoms with Gasteiger partial charge < -0.3 is 10.5 Å². The summed E-state index contributed by atoms with van der Waals surface area (Å²) >= 11 is 0. The van der Waals surface area contributed by atoms with Crippen LogP contribution in [0.25, 0.3) is 0 Å². The summed E-state index contributed by atoms with van der Waals surface area (Å²) in [6.45, 7) is 3.33. The average Bonchev–Trinajstić information content (AvgIpc) is 3.21. The minimum Gasteiger partial charge on any atom is -0.399 e. The van der Waals surface area contributed by atoms with Crippen molar-refractivity contribution in [3.8, 4) is 0 Å². The summed E-state index contributed by atoms with van der Waals surface area (Å²) in [6, 6.07) is 4.77. The fourth-order valence-electron chi connectivity index (χ4n) is 1.84. The maximum Gasteiger partial charge on any atom is 0.242 e. The highest BCUT2D eigenvalue weighted by molar-refractivity contribution is 7.89. The van der Waals surface area contributed by atoms with E-state index in [1.165, 1.54) is 17.1 Å². The Labute approximate surface area is 120 Å². The standard InChI is InChI=1S/C14H22N2O3S/c1-11-9-13(5-6-14(11)15)20(17,18)16(2)7-8-19-10-12-3-4-12/h5-6,9,12H,3-4,7-8,10,15H2,1-2H3. The van der Waals surface area contributed by atoms with Crippen molar-refractivity contribution in [2.45, 2.75) is 24.7 Å². The molecule has 0 aromatic heterocycles. The van der Waals surface area contributed by atoms with Crippen LogP contribution in [0.15, 0.2) is 23.1 Å². The molecule has 112 valence electrons. The van der Waals surface area contributed by atoms with Gasteiger partial charge in [0.1, 0.15) is 0 Å². The molecule has 2 N–H and O–H groups in total. The number of nitrogens with zero attached hydrogens (tertiary/aromatic N) is 1. The molecule has 0 radical (unpaired) electrons. The molecule has 1 aromatic rings. The van der Waals surface area contributed by atoms with E-state index >= 15 is 0 Å². The first kappa shape index (κ1) is 15.3. The SMILES string of the molecule is Cc1cc(S(=O)(=O)N(C)CCOCC2CC2)ccc1N. The maximum absolute atomic E-state index is 12.4. The maximum atomic E-state index is 12.4. The molecular formula is C14H22N2O3S. The highest BCUT2D eigenvalue weighted by Gasteiger charge is 2.23. The number of anilines is 1. The molecule has 2 rings (SSSR count). The summed E-state index contributed by atoms with van der Waals surface area (Å²) in [6.07, 6.45) is 2.47. The van der Waals surface area contributed by atoms with Gasteiger partial charge in [0.05, 0.1) is 11.5 Å². The van der Waals surface area contributed by atoms with Gasteiger partial charge in [-0.3, -0.25) is 0 Å². The zero-order chi connectivity index (χ0) is 14.8. The Morgan fingerprint density at radius 3 is 2.70 bits per heavy atom. The van der Waals surface area contributed by atoms with E-state index in [1.807, 2.05) is 0 Å². The van der Waals surface area contributed by atoms with Gasteiger partial charge in [0.15, 0.2) is 0 Å². The number of ether oxygens (including phenoxy) is 1. The third kappa shape index (κ3) is 3.71. The molecule has 0 saturated heterocycles. The molecule has 0 atom stereocenters. The summed E-state index contributed by atoms with van der Waals surface area (Å²) in [5.41, 5.74) is 7.08. The number of rotatable bonds is 7. The van der Waals surface area contributed by atoms with Crippen molar-refractivity contribution in [2.75, 3.05) is 32.5 Å². The van der Waals surface area contributed by atoms with E-state index in [1.54, 1.807) is 32.2 Å². The summed E-state index contributed by atoms with van der Waals surface area (Å²) in [7, 11) is -1.89. The van der Waals surface area contributed by atoms with Gasteiger partial charge in [-0.2, -0.15) is 4.31 Å². The molecule has 5 nitrogen and oxygen atoms in total. The lowest BCUT2D eigenvalue weighted by atomic mass is 10.2. The molecule has 1 saturated carbocycles. The van der Waals surface area contributed by atoms with Crippen LogP contribution in [0.3, 0.4) is 0 Å². The second-order valence-electron chi connectivity index (χ2n) is 5.36. The fourth-order valence-corrected chi connectivity index (χ4v) is 3.08. The lowest BCUT2D eigenvalue weighted by Crippen LogP contribution is -2.30. The Morgan fingerprint density at radius 2 is 2.10 bits per heavy atom. The Balaban J connectivity index is 1.94. The first-order chi connectivity index (χ1) is 9.41. The minimum absolute atomic E-state index is 0.272. The lowest BCUT2D eigenvalue weighted by Gasteiger charge is -2.17. The van der Waals surface area contributed by atoms with E-state index in [9.17, 15) is 8.42 Å². The second kappa shape index (κ2) is 6.11. The molecule has 20 heavy (non-hydrogen) atoms. The molecule has 1 aliphatic rings. The molecule has 1 aromatic carbocycles. The Hall–Kier alpha value is -1.11. The highest BCUT2D eigenvalue weighted by atomic mass is 32.2. The van der Waals surface area contributed by atoms with E-state index in [0.717, 1.165) is 12.2 Å². The quantitative estimate of drug-likeness (QED) is 0.613. The van der Waals surface area contributed by atoms with Crippen molar-refractivity contribution in [2.24, 2.45) is 5.92 Å². The van der Waals surface area contributed by atoms with Gasteiger partial charge in [-0.25, -0.2) is 8.42 Å². The molecule has 0 spiro atoms. The number of sulfonamides is 1. The normalized spacial score (nSPS) is 15.8. The summed E-state index contributed by atoms with van der Waals surface area (Å²) < 4.78 is 31.5. The van der Waals surface area contributed by atoms with E-state index in [2.05, 4.69) is 0 Å². The van der Waals surface area contributed by atoms with Gasteiger partial charge in [-0.15, -0.1) is 0 Å². The van der Waals surface area contributed by atoms with Gasteiger partial charge in [-0.05, 0) is 49.4 Å². The van der Waals surface area contributed by atoms with Crippen molar-refractivity contribution in [3.05, 3.63) is 23.8 Å². The number of benzene rings is 1. The van der Waals surface area contributed by atoms with Crippen LogP contribution >= 0.6 is 0 Å². The lowest BCUT2D eigenvalue weighted by molar-refractivity contribution is 0.117. The molecule has 0 heterocycles. The molecule has 1 fully saturated rings. The van der Waals surface area contributed by atoms with Crippen LogP contribution in [0.2, 0.25) is 0 Å². The van der Waals surface area contributed by atoms with E-state index < -0.39 is 10.0 Å². The first-order valence-electron chi connectivity index (χ1n) is 6.81. The van der Waals surface area contributed by atoms with Crippen LogP contribution in [0.5, 0.6) is 0 Å². The number of hydrogen-bond donors (Lipinski definition) is 1. The monoisotopic (exact) mass is 298 g/mol. The van der Waals surface area contributed by atoms with Crippen molar-refractivity contribution < 1.29 is 13.2 Å². The smallest absolute Gasteiger partial charge is 0.242 e. The topological polar surface area (TPSA) is 72.6 Å². The van der Waals surface area contributed by atoms with Gasteiger partial charge in [0.2, 0.25) is 10.0 Å². The summed E-state index contributed by atoms with van der Waals surface area (Å²) in [5, 5.41) is 0. The first-order valence-corrected chi connectivity index (χ1v) is 8.25. The molecular weight excluding hydrogens is 276 g/mol. The van der Waals surface area contributed by atoms with Gasteiger partial charge >= 0.3 is 0 Å². The molecule has 0 aliphatic heterocycles. The Kier molecular flexibility index (Phi) is 4.67. The van der Waals surface area contributed by atoms with Gasteiger partial charge in [0, 0.05) is 25.9 Å². The minimum atomic E-state index is -3.47. The largest absolute Gasteiger partial charge is 0.399 e. The summed E-state index contributed by atoms with van der Waals surface area (Å²) in [4.78, 5) is 0.272. The van der Waals surface area contributed by atoms with E-state index in [4.69, 9.17) is 10.5 Å². The number of nitrogens with two attached hydrogens (primary N) is 1. The zero-order valence-electron chi connectivity index (χ0n) is 12.0. The van der Waals surface area contributed by atoms with Crippen LogP contribution in [0.4, 0.5) is 5.69 Å². The fraction of sp³-hybridized carbons (Fsp3) is 0.571.